The standard InChI is InChI=1S/C11H18N2OS/c1-8(7-15(3)14)13-11-6-4-5-10(12)9(11)2/h4-6,8,13H,7,12H2,1-3H3. The molecule has 84 valence electrons. The molecular formula is C11H18N2OS. The predicted molar refractivity (Wildman–Crippen MR) is 67.6 cm³/mol. The van der Waals surface area contributed by atoms with E-state index in [1.807, 2.05) is 32.0 Å². The minimum atomic E-state index is -0.775. The van der Waals surface area contributed by atoms with E-state index in [9.17, 15) is 4.21 Å². The maximum Gasteiger partial charge on any atom is 0.0431 e. The Bertz CT molecular complexity index is 366. The topological polar surface area (TPSA) is 55.1 Å². The first kappa shape index (κ1) is 12.0. The zero-order valence-electron chi connectivity index (χ0n) is 9.41. The summed E-state index contributed by atoms with van der Waals surface area (Å²) in [6.45, 7) is 4.00. The highest BCUT2D eigenvalue weighted by Crippen LogP contribution is 2.21. The molecule has 0 saturated heterocycles. The summed E-state index contributed by atoms with van der Waals surface area (Å²) in [7, 11) is -0.775. The van der Waals surface area contributed by atoms with Gasteiger partial charge < -0.3 is 11.1 Å². The molecule has 1 rings (SSSR count). The van der Waals surface area contributed by atoms with Crippen molar-refractivity contribution in [3.63, 3.8) is 0 Å². The third-order valence-corrected chi connectivity index (χ3v) is 3.23. The van der Waals surface area contributed by atoms with Crippen molar-refractivity contribution < 1.29 is 4.21 Å². The van der Waals surface area contributed by atoms with E-state index in [-0.39, 0.29) is 6.04 Å². The highest BCUT2D eigenvalue weighted by molar-refractivity contribution is 7.84. The van der Waals surface area contributed by atoms with Crippen LogP contribution in [0.3, 0.4) is 0 Å². The Morgan fingerprint density at radius 2 is 2.20 bits per heavy atom. The molecular weight excluding hydrogens is 208 g/mol. The van der Waals surface area contributed by atoms with Crippen LogP contribution >= 0.6 is 0 Å². The van der Waals surface area contributed by atoms with Crippen LogP contribution in [0.5, 0.6) is 0 Å². The lowest BCUT2D eigenvalue weighted by Gasteiger charge is -2.16. The van der Waals surface area contributed by atoms with Crippen LogP contribution in [0.1, 0.15) is 12.5 Å². The molecule has 2 unspecified atom stereocenters. The molecule has 3 N–H and O–H groups in total. The fourth-order valence-corrected chi connectivity index (χ4v) is 2.26. The molecule has 0 aromatic heterocycles. The summed E-state index contributed by atoms with van der Waals surface area (Å²) in [5.41, 5.74) is 8.65. The first-order valence-corrected chi connectivity index (χ1v) is 6.65. The van der Waals surface area contributed by atoms with Gasteiger partial charge in [0.05, 0.1) is 0 Å². The average molecular weight is 226 g/mol. The van der Waals surface area contributed by atoms with E-state index in [0.717, 1.165) is 16.9 Å². The van der Waals surface area contributed by atoms with Gasteiger partial charge >= 0.3 is 0 Å². The van der Waals surface area contributed by atoms with Crippen molar-refractivity contribution >= 4 is 22.2 Å². The number of anilines is 2. The van der Waals surface area contributed by atoms with Crippen LogP contribution < -0.4 is 11.1 Å². The quantitative estimate of drug-likeness (QED) is 0.769. The Morgan fingerprint density at radius 1 is 1.53 bits per heavy atom. The Hall–Kier alpha value is -1.03. The molecule has 0 aliphatic rings. The summed E-state index contributed by atoms with van der Waals surface area (Å²) >= 11 is 0. The largest absolute Gasteiger partial charge is 0.398 e. The highest BCUT2D eigenvalue weighted by atomic mass is 32.2. The number of rotatable bonds is 4. The molecule has 4 heteroatoms. The number of hydrogen-bond donors (Lipinski definition) is 2. The molecule has 0 radical (unpaired) electrons. The number of nitrogens with two attached hydrogens (primary N) is 1. The summed E-state index contributed by atoms with van der Waals surface area (Å²) in [6.07, 6.45) is 1.71. The van der Waals surface area contributed by atoms with Gasteiger partial charge in [0.2, 0.25) is 0 Å². The molecule has 0 heterocycles. The second-order valence-corrected chi connectivity index (χ2v) is 5.28. The number of nitrogen functional groups attached to an aromatic ring is 1. The highest BCUT2D eigenvalue weighted by Gasteiger charge is 2.06. The maximum atomic E-state index is 11.0. The van der Waals surface area contributed by atoms with Gasteiger partial charge in [-0.25, -0.2) is 0 Å². The molecule has 15 heavy (non-hydrogen) atoms. The zero-order valence-corrected chi connectivity index (χ0v) is 10.2. The van der Waals surface area contributed by atoms with Crippen molar-refractivity contribution in [1.29, 1.82) is 0 Å². The van der Waals surface area contributed by atoms with Gasteiger partial charge in [0.25, 0.3) is 0 Å². The summed E-state index contributed by atoms with van der Waals surface area (Å²) in [5, 5.41) is 3.31. The Balaban J connectivity index is 2.72. The van der Waals surface area contributed by atoms with E-state index in [2.05, 4.69) is 5.32 Å². The molecule has 0 aliphatic heterocycles. The lowest BCUT2D eigenvalue weighted by Crippen LogP contribution is -2.22. The van der Waals surface area contributed by atoms with Crippen molar-refractivity contribution in [1.82, 2.24) is 0 Å². The van der Waals surface area contributed by atoms with E-state index in [4.69, 9.17) is 5.73 Å². The molecule has 3 nitrogen and oxygen atoms in total. The van der Waals surface area contributed by atoms with Crippen LogP contribution in [0.4, 0.5) is 11.4 Å². The van der Waals surface area contributed by atoms with Gasteiger partial charge in [-0.15, -0.1) is 0 Å². The van der Waals surface area contributed by atoms with E-state index < -0.39 is 10.8 Å². The summed E-state index contributed by atoms with van der Waals surface area (Å²) in [5.74, 6) is 0.647. The lowest BCUT2D eigenvalue weighted by atomic mass is 10.1. The van der Waals surface area contributed by atoms with E-state index in [0.29, 0.717) is 5.75 Å². The van der Waals surface area contributed by atoms with Crippen LogP contribution in [-0.2, 0) is 10.8 Å². The number of benzene rings is 1. The van der Waals surface area contributed by atoms with Crippen LogP contribution in [0, 0.1) is 6.92 Å². The summed E-state index contributed by atoms with van der Waals surface area (Å²) in [6, 6.07) is 5.97. The Labute approximate surface area is 93.5 Å². The Kier molecular flexibility index (Phi) is 4.15. The van der Waals surface area contributed by atoms with Crippen LogP contribution in [0.2, 0.25) is 0 Å². The predicted octanol–water partition coefficient (Wildman–Crippen LogP) is 1.76. The minimum absolute atomic E-state index is 0.191. The first-order chi connectivity index (χ1) is 7.00. The van der Waals surface area contributed by atoms with Crippen molar-refractivity contribution in [2.45, 2.75) is 19.9 Å². The summed E-state index contributed by atoms with van der Waals surface area (Å²) in [4.78, 5) is 0. The van der Waals surface area contributed by atoms with Gasteiger partial charge in [-0.05, 0) is 31.5 Å². The Morgan fingerprint density at radius 3 is 2.80 bits per heavy atom. The maximum absolute atomic E-state index is 11.0. The first-order valence-electron chi connectivity index (χ1n) is 4.92. The number of nitrogens with one attached hydrogen (secondary N) is 1. The molecule has 2 atom stereocenters. The smallest absolute Gasteiger partial charge is 0.0431 e. The normalized spacial score (nSPS) is 14.6. The molecule has 0 saturated carbocycles. The third kappa shape index (κ3) is 3.55. The van der Waals surface area contributed by atoms with E-state index in [1.165, 1.54) is 0 Å². The molecule has 0 amide bonds. The van der Waals surface area contributed by atoms with Crippen LogP contribution in [0.25, 0.3) is 0 Å². The van der Waals surface area contributed by atoms with E-state index in [1.54, 1.807) is 6.26 Å². The van der Waals surface area contributed by atoms with E-state index >= 15 is 0 Å². The molecule has 0 aliphatic carbocycles. The van der Waals surface area contributed by atoms with Crippen LogP contribution in [0.15, 0.2) is 18.2 Å². The number of hydrogen-bond acceptors (Lipinski definition) is 3. The van der Waals surface area contributed by atoms with Crippen molar-refractivity contribution in [2.75, 3.05) is 23.1 Å². The minimum Gasteiger partial charge on any atom is -0.398 e. The van der Waals surface area contributed by atoms with Crippen molar-refractivity contribution in [2.24, 2.45) is 0 Å². The SMILES string of the molecule is Cc1c(N)cccc1NC(C)CS(C)=O. The second-order valence-electron chi connectivity index (χ2n) is 3.81. The third-order valence-electron chi connectivity index (χ3n) is 2.26. The van der Waals surface area contributed by atoms with Gasteiger partial charge in [0, 0.05) is 40.2 Å². The van der Waals surface area contributed by atoms with Gasteiger partial charge in [-0.2, -0.15) is 0 Å². The lowest BCUT2D eigenvalue weighted by molar-refractivity contribution is 0.683. The fourth-order valence-electron chi connectivity index (χ4n) is 1.47. The monoisotopic (exact) mass is 226 g/mol. The van der Waals surface area contributed by atoms with Gasteiger partial charge in [0.1, 0.15) is 0 Å². The second kappa shape index (κ2) is 5.16. The average Bonchev–Trinajstić information content (AvgIpc) is 2.11. The zero-order chi connectivity index (χ0) is 11.4. The molecule has 1 aromatic carbocycles. The van der Waals surface area contributed by atoms with Gasteiger partial charge in [-0.1, -0.05) is 6.07 Å². The summed E-state index contributed by atoms with van der Waals surface area (Å²) < 4.78 is 11.0. The molecule has 0 fully saturated rings. The van der Waals surface area contributed by atoms with Crippen LogP contribution in [-0.4, -0.2) is 22.3 Å². The molecule has 0 bridgehead atoms. The van der Waals surface area contributed by atoms with Gasteiger partial charge in [0.15, 0.2) is 0 Å². The van der Waals surface area contributed by atoms with Gasteiger partial charge in [-0.3, -0.25) is 4.21 Å². The fraction of sp³-hybridized carbons (Fsp3) is 0.455. The molecule has 1 aromatic rings. The molecule has 0 spiro atoms. The van der Waals surface area contributed by atoms with Crippen molar-refractivity contribution in [3.8, 4) is 0 Å². The van der Waals surface area contributed by atoms with Crippen molar-refractivity contribution in [3.05, 3.63) is 23.8 Å².